The summed E-state index contributed by atoms with van der Waals surface area (Å²) in [6.45, 7) is 6.26. The fourth-order valence-electron chi connectivity index (χ4n) is 3.90. The average molecular weight is 394 g/mol. The van der Waals surface area contributed by atoms with Crippen LogP contribution in [0, 0.1) is 0 Å². The van der Waals surface area contributed by atoms with Crippen LogP contribution in [0.25, 0.3) is 0 Å². The molecule has 1 saturated carbocycles. The first kappa shape index (κ1) is 19.7. The summed E-state index contributed by atoms with van der Waals surface area (Å²) in [6, 6.07) is 15.0. The molecular weight excluding hydrogens is 362 g/mol. The van der Waals surface area contributed by atoms with Crippen molar-refractivity contribution in [3.05, 3.63) is 59.8 Å². The number of hydrogen-bond donors (Lipinski definition) is 2. The first-order chi connectivity index (χ1) is 14.2. The molecule has 1 aliphatic heterocycles. The summed E-state index contributed by atoms with van der Waals surface area (Å²) in [7, 11) is 1.82. The molecule has 2 heterocycles. The SMILES string of the molecule is CN=C(NCc1ccc(N2CCOC(C)C2)nc1)NCC1(c2ccccc2)CC1. The van der Waals surface area contributed by atoms with E-state index >= 15 is 0 Å². The van der Waals surface area contributed by atoms with Crippen LogP contribution in [0.4, 0.5) is 5.82 Å². The molecule has 0 bridgehead atoms. The number of benzene rings is 1. The van der Waals surface area contributed by atoms with Crippen molar-refractivity contribution in [1.82, 2.24) is 15.6 Å². The largest absolute Gasteiger partial charge is 0.375 e. The van der Waals surface area contributed by atoms with Crippen LogP contribution in [0.15, 0.2) is 53.7 Å². The van der Waals surface area contributed by atoms with Crippen LogP contribution >= 0.6 is 0 Å². The summed E-state index contributed by atoms with van der Waals surface area (Å²) >= 11 is 0. The minimum Gasteiger partial charge on any atom is -0.375 e. The Balaban J connectivity index is 1.28. The average Bonchev–Trinajstić information content (AvgIpc) is 3.56. The number of nitrogens with zero attached hydrogens (tertiary/aromatic N) is 3. The number of rotatable bonds is 6. The third-order valence-corrected chi connectivity index (χ3v) is 5.89. The molecule has 4 rings (SSSR count). The van der Waals surface area contributed by atoms with Gasteiger partial charge in [0.25, 0.3) is 0 Å². The van der Waals surface area contributed by atoms with E-state index in [4.69, 9.17) is 4.74 Å². The van der Waals surface area contributed by atoms with Gasteiger partial charge in [0.2, 0.25) is 0 Å². The Kier molecular flexibility index (Phi) is 6.00. The Morgan fingerprint density at radius 2 is 2.03 bits per heavy atom. The Morgan fingerprint density at radius 3 is 2.69 bits per heavy atom. The molecule has 29 heavy (non-hydrogen) atoms. The number of morpholine rings is 1. The van der Waals surface area contributed by atoms with Gasteiger partial charge in [-0.1, -0.05) is 36.4 Å². The van der Waals surface area contributed by atoms with Crippen LogP contribution in [0.2, 0.25) is 0 Å². The maximum Gasteiger partial charge on any atom is 0.191 e. The molecule has 1 aromatic heterocycles. The predicted molar refractivity (Wildman–Crippen MR) is 117 cm³/mol. The third-order valence-electron chi connectivity index (χ3n) is 5.89. The maximum absolute atomic E-state index is 5.61. The van der Waals surface area contributed by atoms with Gasteiger partial charge in [0, 0.05) is 44.8 Å². The highest BCUT2D eigenvalue weighted by atomic mass is 16.5. The van der Waals surface area contributed by atoms with Crippen LogP contribution < -0.4 is 15.5 Å². The minimum absolute atomic E-state index is 0.256. The lowest BCUT2D eigenvalue weighted by molar-refractivity contribution is 0.0529. The lowest BCUT2D eigenvalue weighted by Gasteiger charge is -2.32. The Bertz CT molecular complexity index is 817. The van der Waals surface area contributed by atoms with E-state index in [0.717, 1.165) is 43.6 Å². The molecule has 1 unspecified atom stereocenters. The molecule has 6 heteroatoms. The summed E-state index contributed by atoms with van der Waals surface area (Å²) in [5.41, 5.74) is 2.82. The minimum atomic E-state index is 0.256. The zero-order valence-electron chi connectivity index (χ0n) is 17.4. The van der Waals surface area contributed by atoms with Gasteiger partial charge in [-0.05, 0) is 37.0 Å². The highest BCUT2D eigenvalue weighted by Crippen LogP contribution is 2.47. The zero-order valence-corrected chi connectivity index (χ0v) is 17.4. The molecule has 2 aliphatic rings. The second kappa shape index (κ2) is 8.82. The van der Waals surface area contributed by atoms with Gasteiger partial charge in [0.1, 0.15) is 5.82 Å². The van der Waals surface area contributed by atoms with Crippen LogP contribution in [0.1, 0.15) is 30.9 Å². The Morgan fingerprint density at radius 1 is 1.21 bits per heavy atom. The summed E-state index contributed by atoms with van der Waals surface area (Å²) in [5.74, 6) is 1.85. The molecule has 0 radical (unpaired) electrons. The van der Waals surface area contributed by atoms with E-state index in [1.807, 2.05) is 13.2 Å². The van der Waals surface area contributed by atoms with E-state index in [1.54, 1.807) is 0 Å². The predicted octanol–water partition coefficient (Wildman–Crippen LogP) is 2.70. The number of pyridine rings is 1. The highest BCUT2D eigenvalue weighted by Gasteiger charge is 2.43. The molecule has 0 amide bonds. The van der Waals surface area contributed by atoms with Gasteiger partial charge in [0.05, 0.1) is 12.7 Å². The normalized spacial score (nSPS) is 21.0. The van der Waals surface area contributed by atoms with Crippen molar-refractivity contribution in [1.29, 1.82) is 0 Å². The number of anilines is 1. The molecule has 2 fully saturated rings. The maximum atomic E-state index is 5.61. The van der Waals surface area contributed by atoms with E-state index in [1.165, 1.54) is 18.4 Å². The van der Waals surface area contributed by atoms with E-state index in [0.29, 0.717) is 6.54 Å². The molecule has 1 saturated heterocycles. The summed E-state index contributed by atoms with van der Waals surface area (Å²) in [6.07, 6.45) is 4.66. The first-order valence-corrected chi connectivity index (χ1v) is 10.5. The van der Waals surface area contributed by atoms with Crippen LogP contribution in [-0.4, -0.2) is 50.3 Å². The molecule has 1 atom stereocenters. The smallest absolute Gasteiger partial charge is 0.191 e. The lowest BCUT2D eigenvalue weighted by atomic mass is 9.96. The van der Waals surface area contributed by atoms with Crippen molar-refractivity contribution in [3.8, 4) is 0 Å². The quantitative estimate of drug-likeness (QED) is 0.584. The fraction of sp³-hybridized carbons (Fsp3) is 0.478. The van der Waals surface area contributed by atoms with E-state index < -0.39 is 0 Å². The van der Waals surface area contributed by atoms with Crippen molar-refractivity contribution in [3.63, 3.8) is 0 Å². The lowest BCUT2D eigenvalue weighted by Crippen LogP contribution is -2.41. The zero-order chi connectivity index (χ0) is 20.1. The molecule has 2 N–H and O–H groups in total. The van der Waals surface area contributed by atoms with Crippen molar-refractivity contribution in [2.75, 3.05) is 38.2 Å². The second-order valence-corrected chi connectivity index (χ2v) is 8.08. The van der Waals surface area contributed by atoms with E-state index in [-0.39, 0.29) is 11.5 Å². The monoisotopic (exact) mass is 393 g/mol. The van der Waals surface area contributed by atoms with Crippen LogP contribution in [0.3, 0.4) is 0 Å². The molecular formula is C23H31N5O. The van der Waals surface area contributed by atoms with Crippen LogP contribution in [-0.2, 0) is 16.7 Å². The van der Waals surface area contributed by atoms with Gasteiger partial charge in [-0.15, -0.1) is 0 Å². The van der Waals surface area contributed by atoms with Gasteiger partial charge >= 0.3 is 0 Å². The van der Waals surface area contributed by atoms with Crippen molar-refractivity contribution < 1.29 is 4.74 Å². The summed E-state index contributed by atoms with van der Waals surface area (Å²) in [4.78, 5) is 11.3. The van der Waals surface area contributed by atoms with E-state index in [2.05, 4.69) is 74.9 Å². The van der Waals surface area contributed by atoms with Crippen molar-refractivity contribution in [2.45, 2.75) is 37.8 Å². The fourth-order valence-corrected chi connectivity index (χ4v) is 3.90. The van der Waals surface area contributed by atoms with Crippen molar-refractivity contribution in [2.24, 2.45) is 4.99 Å². The number of hydrogen-bond acceptors (Lipinski definition) is 4. The van der Waals surface area contributed by atoms with Gasteiger partial charge in [-0.2, -0.15) is 0 Å². The number of ether oxygens (including phenoxy) is 1. The van der Waals surface area contributed by atoms with Gasteiger partial charge < -0.3 is 20.3 Å². The topological polar surface area (TPSA) is 61.8 Å². The first-order valence-electron chi connectivity index (χ1n) is 10.5. The molecule has 1 aliphatic carbocycles. The Hall–Kier alpha value is -2.60. The van der Waals surface area contributed by atoms with Gasteiger partial charge in [0.15, 0.2) is 5.96 Å². The highest BCUT2D eigenvalue weighted by molar-refractivity contribution is 5.79. The summed E-state index contributed by atoms with van der Waals surface area (Å²) in [5, 5.41) is 6.91. The number of aliphatic imine (C=N–C) groups is 1. The van der Waals surface area contributed by atoms with Gasteiger partial charge in [-0.25, -0.2) is 4.98 Å². The number of aromatic nitrogens is 1. The summed E-state index contributed by atoms with van der Waals surface area (Å²) < 4.78 is 5.61. The molecule has 154 valence electrons. The standard InChI is InChI=1S/C23H31N5O/c1-18-16-28(12-13-29-18)21-9-8-19(14-25-21)15-26-22(24-2)27-17-23(10-11-23)20-6-4-3-5-7-20/h3-9,14,18H,10-13,15-17H2,1-2H3,(H2,24,26,27). The molecule has 1 aromatic carbocycles. The van der Waals surface area contributed by atoms with Gasteiger partial charge in [-0.3, -0.25) is 4.99 Å². The van der Waals surface area contributed by atoms with E-state index in [9.17, 15) is 0 Å². The van der Waals surface area contributed by atoms with Crippen LogP contribution in [0.5, 0.6) is 0 Å². The second-order valence-electron chi connectivity index (χ2n) is 8.08. The number of guanidine groups is 1. The molecule has 6 nitrogen and oxygen atoms in total. The molecule has 0 spiro atoms. The third kappa shape index (κ3) is 4.88. The van der Waals surface area contributed by atoms with Crippen molar-refractivity contribution >= 4 is 11.8 Å². The molecule has 2 aromatic rings. The Labute approximate surface area is 173 Å². The number of nitrogens with one attached hydrogen (secondary N) is 2.